The van der Waals surface area contributed by atoms with E-state index in [2.05, 4.69) is 19.9 Å². The summed E-state index contributed by atoms with van der Waals surface area (Å²) in [5.74, 6) is 2.01. The number of rotatable bonds is 7. The minimum absolute atomic E-state index is 0.139. The summed E-state index contributed by atoms with van der Waals surface area (Å²) in [4.78, 5) is 0. The van der Waals surface area contributed by atoms with Crippen LogP contribution < -0.4 is 9.47 Å². The standard InChI is InChI=1S/C16H26O3/c1-7-12(4)14-8-9-15(16(10-14)17-6)19-13(5)18-11(2)3/h8-13H,7H2,1-6H3. The van der Waals surface area contributed by atoms with Crippen molar-refractivity contribution in [1.29, 1.82) is 0 Å². The summed E-state index contributed by atoms with van der Waals surface area (Å²) in [6, 6.07) is 6.10. The predicted octanol–water partition coefficient (Wildman–Crippen LogP) is 4.36. The van der Waals surface area contributed by atoms with Gasteiger partial charge in [-0.15, -0.1) is 0 Å². The first kappa shape index (κ1) is 15.8. The molecule has 19 heavy (non-hydrogen) atoms. The van der Waals surface area contributed by atoms with Crippen LogP contribution in [0.4, 0.5) is 0 Å². The van der Waals surface area contributed by atoms with Crippen LogP contribution in [0.25, 0.3) is 0 Å². The molecule has 0 aliphatic rings. The molecule has 108 valence electrons. The van der Waals surface area contributed by atoms with Crippen molar-refractivity contribution in [3.05, 3.63) is 23.8 Å². The quantitative estimate of drug-likeness (QED) is 0.686. The summed E-state index contributed by atoms with van der Waals surface area (Å²) in [5, 5.41) is 0. The molecule has 0 amide bonds. The van der Waals surface area contributed by atoms with Crippen LogP contribution in [0.15, 0.2) is 18.2 Å². The van der Waals surface area contributed by atoms with E-state index >= 15 is 0 Å². The van der Waals surface area contributed by atoms with Crippen LogP contribution >= 0.6 is 0 Å². The molecule has 0 radical (unpaired) electrons. The van der Waals surface area contributed by atoms with Crippen LogP contribution in [0.1, 0.15) is 52.5 Å². The molecule has 2 unspecified atom stereocenters. The number of methoxy groups -OCH3 is 1. The van der Waals surface area contributed by atoms with E-state index in [1.807, 2.05) is 32.9 Å². The molecular formula is C16H26O3. The first-order valence-electron chi connectivity index (χ1n) is 6.98. The molecule has 1 rings (SSSR count). The Balaban J connectivity index is 2.84. The summed E-state index contributed by atoms with van der Waals surface area (Å²) in [6.07, 6.45) is 0.958. The van der Waals surface area contributed by atoms with Crippen LogP contribution in [-0.4, -0.2) is 19.5 Å². The van der Waals surface area contributed by atoms with Gasteiger partial charge in [0, 0.05) is 0 Å². The number of benzene rings is 1. The van der Waals surface area contributed by atoms with Gasteiger partial charge in [-0.05, 0) is 50.8 Å². The fraction of sp³-hybridized carbons (Fsp3) is 0.625. The van der Waals surface area contributed by atoms with Gasteiger partial charge in [-0.2, -0.15) is 0 Å². The van der Waals surface area contributed by atoms with Crippen LogP contribution in [0.3, 0.4) is 0 Å². The third-order valence-electron chi connectivity index (χ3n) is 3.13. The summed E-state index contributed by atoms with van der Waals surface area (Å²) in [5.41, 5.74) is 1.27. The van der Waals surface area contributed by atoms with Crippen molar-refractivity contribution in [2.75, 3.05) is 7.11 Å². The molecule has 0 saturated heterocycles. The zero-order valence-corrected chi connectivity index (χ0v) is 12.9. The fourth-order valence-electron chi connectivity index (χ4n) is 1.91. The van der Waals surface area contributed by atoms with E-state index in [4.69, 9.17) is 14.2 Å². The maximum Gasteiger partial charge on any atom is 0.197 e. The summed E-state index contributed by atoms with van der Waals surface area (Å²) >= 11 is 0. The maximum atomic E-state index is 5.77. The summed E-state index contributed by atoms with van der Waals surface area (Å²) in [7, 11) is 1.66. The van der Waals surface area contributed by atoms with Gasteiger partial charge in [0.2, 0.25) is 0 Å². The third kappa shape index (κ3) is 4.75. The van der Waals surface area contributed by atoms with E-state index in [-0.39, 0.29) is 12.4 Å². The molecule has 0 spiro atoms. The second-order valence-corrected chi connectivity index (χ2v) is 5.09. The Morgan fingerprint density at radius 2 is 1.74 bits per heavy atom. The zero-order chi connectivity index (χ0) is 14.4. The summed E-state index contributed by atoms with van der Waals surface area (Å²) < 4.78 is 16.7. The van der Waals surface area contributed by atoms with Crippen LogP contribution in [0.5, 0.6) is 11.5 Å². The average Bonchev–Trinajstić information content (AvgIpc) is 2.37. The maximum absolute atomic E-state index is 5.77. The van der Waals surface area contributed by atoms with Crippen molar-refractivity contribution in [3.63, 3.8) is 0 Å². The third-order valence-corrected chi connectivity index (χ3v) is 3.13. The van der Waals surface area contributed by atoms with Crippen molar-refractivity contribution < 1.29 is 14.2 Å². The highest BCUT2D eigenvalue weighted by molar-refractivity contribution is 5.43. The molecule has 0 bridgehead atoms. The highest BCUT2D eigenvalue weighted by Crippen LogP contribution is 2.32. The molecule has 0 aromatic heterocycles. The Kier molecular flexibility index (Phi) is 6.16. The Labute approximate surface area is 116 Å². The fourth-order valence-corrected chi connectivity index (χ4v) is 1.91. The SMILES string of the molecule is CCC(C)c1ccc(OC(C)OC(C)C)c(OC)c1. The van der Waals surface area contributed by atoms with Crippen LogP contribution in [0.2, 0.25) is 0 Å². The molecule has 1 aromatic rings. The highest BCUT2D eigenvalue weighted by Gasteiger charge is 2.13. The van der Waals surface area contributed by atoms with Gasteiger partial charge in [-0.1, -0.05) is 19.9 Å². The monoisotopic (exact) mass is 266 g/mol. The first-order valence-corrected chi connectivity index (χ1v) is 6.98. The molecule has 0 aliphatic heterocycles. The molecule has 1 aromatic carbocycles. The molecule has 0 saturated carbocycles. The summed E-state index contributed by atoms with van der Waals surface area (Å²) in [6.45, 7) is 10.3. The van der Waals surface area contributed by atoms with Gasteiger partial charge in [0.1, 0.15) is 0 Å². The van der Waals surface area contributed by atoms with E-state index in [9.17, 15) is 0 Å². The van der Waals surface area contributed by atoms with E-state index in [1.54, 1.807) is 7.11 Å². The Hall–Kier alpha value is -1.22. The van der Waals surface area contributed by atoms with Gasteiger partial charge in [-0.25, -0.2) is 0 Å². The second kappa shape index (κ2) is 7.39. The van der Waals surface area contributed by atoms with Gasteiger partial charge in [0.05, 0.1) is 13.2 Å². The van der Waals surface area contributed by atoms with Gasteiger partial charge < -0.3 is 14.2 Å². The van der Waals surface area contributed by atoms with Crippen molar-refractivity contribution in [3.8, 4) is 11.5 Å². The van der Waals surface area contributed by atoms with Gasteiger partial charge in [0.25, 0.3) is 0 Å². The smallest absolute Gasteiger partial charge is 0.197 e. The first-order chi connectivity index (χ1) is 8.97. The molecular weight excluding hydrogens is 240 g/mol. The zero-order valence-electron chi connectivity index (χ0n) is 12.9. The minimum atomic E-state index is -0.289. The Morgan fingerprint density at radius 3 is 2.26 bits per heavy atom. The molecule has 2 atom stereocenters. The lowest BCUT2D eigenvalue weighted by Crippen LogP contribution is -2.20. The topological polar surface area (TPSA) is 27.7 Å². The van der Waals surface area contributed by atoms with E-state index in [1.165, 1.54) is 5.56 Å². The number of hydrogen-bond acceptors (Lipinski definition) is 3. The van der Waals surface area contributed by atoms with E-state index < -0.39 is 0 Å². The molecule has 3 nitrogen and oxygen atoms in total. The lowest BCUT2D eigenvalue weighted by molar-refractivity contribution is -0.0958. The van der Waals surface area contributed by atoms with Crippen molar-refractivity contribution in [2.24, 2.45) is 0 Å². The number of ether oxygens (including phenoxy) is 3. The Bertz CT molecular complexity index is 388. The highest BCUT2D eigenvalue weighted by atomic mass is 16.7. The van der Waals surface area contributed by atoms with E-state index in [0.717, 1.165) is 17.9 Å². The van der Waals surface area contributed by atoms with Gasteiger partial charge in [0.15, 0.2) is 17.8 Å². The molecule has 0 N–H and O–H groups in total. The minimum Gasteiger partial charge on any atom is -0.493 e. The van der Waals surface area contributed by atoms with Gasteiger partial charge in [-0.3, -0.25) is 0 Å². The predicted molar refractivity (Wildman–Crippen MR) is 78.0 cm³/mol. The lowest BCUT2D eigenvalue weighted by Gasteiger charge is -2.20. The molecule has 0 heterocycles. The van der Waals surface area contributed by atoms with Crippen molar-refractivity contribution >= 4 is 0 Å². The molecule has 3 heteroatoms. The van der Waals surface area contributed by atoms with Crippen molar-refractivity contribution in [1.82, 2.24) is 0 Å². The van der Waals surface area contributed by atoms with Crippen LogP contribution in [-0.2, 0) is 4.74 Å². The second-order valence-electron chi connectivity index (χ2n) is 5.09. The van der Waals surface area contributed by atoms with Crippen molar-refractivity contribution in [2.45, 2.75) is 59.4 Å². The molecule has 0 aliphatic carbocycles. The Morgan fingerprint density at radius 1 is 1.05 bits per heavy atom. The normalized spacial score (nSPS) is 14.3. The molecule has 0 fully saturated rings. The van der Waals surface area contributed by atoms with E-state index in [0.29, 0.717) is 5.92 Å². The van der Waals surface area contributed by atoms with Gasteiger partial charge >= 0.3 is 0 Å². The average molecular weight is 266 g/mol. The van der Waals surface area contributed by atoms with Crippen LogP contribution in [0, 0.1) is 0 Å². The lowest BCUT2D eigenvalue weighted by atomic mass is 9.98. The number of hydrogen-bond donors (Lipinski definition) is 0. The largest absolute Gasteiger partial charge is 0.493 e.